The highest BCUT2D eigenvalue weighted by Crippen LogP contribution is 2.28. The lowest BCUT2D eigenvalue weighted by Gasteiger charge is -2.40. The van der Waals surface area contributed by atoms with Gasteiger partial charge in [-0.2, -0.15) is 0 Å². The van der Waals surface area contributed by atoms with Crippen LogP contribution in [0.2, 0.25) is 0 Å². The van der Waals surface area contributed by atoms with Crippen LogP contribution in [0, 0.1) is 0 Å². The van der Waals surface area contributed by atoms with Gasteiger partial charge in [0, 0.05) is 18.1 Å². The zero-order chi connectivity index (χ0) is 12.8. The second-order valence-electron chi connectivity index (χ2n) is 6.33. The van der Waals surface area contributed by atoms with Crippen LogP contribution in [0.1, 0.15) is 71.1 Å². The van der Waals surface area contributed by atoms with Gasteiger partial charge in [-0.1, -0.05) is 45.4 Å². The topological polar surface area (TPSA) is 15.3 Å². The van der Waals surface area contributed by atoms with Crippen molar-refractivity contribution in [1.82, 2.24) is 10.2 Å². The molecule has 2 heteroatoms. The Morgan fingerprint density at radius 2 is 1.50 bits per heavy atom. The first kappa shape index (κ1) is 14.3. The van der Waals surface area contributed by atoms with E-state index in [0.29, 0.717) is 0 Å². The van der Waals surface area contributed by atoms with Crippen LogP contribution in [0.25, 0.3) is 0 Å². The van der Waals surface area contributed by atoms with Crippen LogP contribution < -0.4 is 5.32 Å². The molecule has 2 aliphatic carbocycles. The second-order valence-corrected chi connectivity index (χ2v) is 6.33. The van der Waals surface area contributed by atoms with Crippen LogP contribution in [0.15, 0.2) is 0 Å². The van der Waals surface area contributed by atoms with E-state index in [4.69, 9.17) is 0 Å². The Balaban J connectivity index is 1.97. The minimum absolute atomic E-state index is 0.737. The molecule has 0 aromatic rings. The van der Waals surface area contributed by atoms with Crippen LogP contribution in [0.4, 0.5) is 0 Å². The molecule has 0 aromatic carbocycles. The minimum Gasteiger partial charge on any atom is -0.313 e. The zero-order valence-corrected chi connectivity index (χ0v) is 12.5. The van der Waals surface area contributed by atoms with E-state index in [2.05, 4.69) is 24.2 Å². The summed E-state index contributed by atoms with van der Waals surface area (Å²) in [6.07, 6.45) is 14.3. The van der Waals surface area contributed by atoms with Crippen molar-refractivity contribution in [1.29, 1.82) is 0 Å². The third kappa shape index (κ3) is 3.71. The Labute approximate surface area is 114 Å². The molecule has 0 spiro atoms. The van der Waals surface area contributed by atoms with Crippen molar-refractivity contribution in [3.8, 4) is 0 Å². The first-order valence-electron chi connectivity index (χ1n) is 8.28. The molecule has 2 atom stereocenters. The minimum atomic E-state index is 0.737. The number of nitrogens with one attached hydrogen (secondary N) is 1. The van der Waals surface area contributed by atoms with E-state index in [1.807, 2.05) is 0 Å². The molecule has 2 nitrogen and oxygen atoms in total. The third-order valence-corrected chi connectivity index (χ3v) is 5.12. The maximum Gasteiger partial charge on any atom is 0.0249 e. The second kappa shape index (κ2) is 7.49. The molecule has 2 fully saturated rings. The van der Waals surface area contributed by atoms with E-state index in [9.17, 15) is 0 Å². The highest BCUT2D eigenvalue weighted by atomic mass is 15.2. The first-order chi connectivity index (χ1) is 8.83. The van der Waals surface area contributed by atoms with Gasteiger partial charge in [0.2, 0.25) is 0 Å². The smallest absolute Gasteiger partial charge is 0.0249 e. The Morgan fingerprint density at radius 3 is 2.17 bits per heavy atom. The van der Waals surface area contributed by atoms with Crippen molar-refractivity contribution in [3.05, 3.63) is 0 Å². The molecule has 0 amide bonds. The molecular formula is C16H32N2. The number of hydrogen-bond donors (Lipinski definition) is 1. The van der Waals surface area contributed by atoms with Gasteiger partial charge in [0.05, 0.1) is 0 Å². The van der Waals surface area contributed by atoms with Gasteiger partial charge >= 0.3 is 0 Å². The maximum atomic E-state index is 3.77. The molecule has 0 radical (unpaired) electrons. The molecule has 0 heterocycles. The fourth-order valence-corrected chi connectivity index (χ4v) is 4.03. The molecule has 18 heavy (non-hydrogen) atoms. The highest BCUT2D eigenvalue weighted by Gasteiger charge is 2.30. The van der Waals surface area contributed by atoms with Crippen LogP contribution in [-0.2, 0) is 0 Å². The number of rotatable bonds is 4. The number of hydrogen-bond acceptors (Lipinski definition) is 2. The Kier molecular flexibility index (Phi) is 5.97. The van der Waals surface area contributed by atoms with E-state index in [1.165, 1.54) is 64.2 Å². The van der Waals surface area contributed by atoms with E-state index in [1.54, 1.807) is 0 Å². The van der Waals surface area contributed by atoms with Crippen molar-refractivity contribution in [2.24, 2.45) is 0 Å². The van der Waals surface area contributed by atoms with E-state index in [0.717, 1.165) is 24.7 Å². The van der Waals surface area contributed by atoms with Gasteiger partial charge in [-0.15, -0.1) is 0 Å². The normalized spacial score (nSPS) is 31.5. The largest absolute Gasteiger partial charge is 0.313 e. The van der Waals surface area contributed by atoms with Gasteiger partial charge in [0.15, 0.2) is 0 Å². The van der Waals surface area contributed by atoms with Gasteiger partial charge in [-0.05, 0) is 39.3 Å². The molecule has 1 N–H and O–H groups in total. The van der Waals surface area contributed by atoms with Gasteiger partial charge in [-0.25, -0.2) is 0 Å². The first-order valence-corrected chi connectivity index (χ1v) is 8.28. The predicted molar refractivity (Wildman–Crippen MR) is 79.0 cm³/mol. The molecule has 2 saturated carbocycles. The summed E-state index contributed by atoms with van der Waals surface area (Å²) in [5.74, 6) is 0. The average molecular weight is 252 g/mol. The summed E-state index contributed by atoms with van der Waals surface area (Å²) in [6.45, 7) is 3.38. The number of likely N-dealkylation sites (N-methyl/N-ethyl adjacent to an activating group) is 2. The third-order valence-electron chi connectivity index (χ3n) is 5.12. The molecule has 2 unspecified atom stereocenters. The van der Waals surface area contributed by atoms with E-state index < -0.39 is 0 Å². The summed E-state index contributed by atoms with van der Waals surface area (Å²) >= 11 is 0. The Bertz CT molecular complexity index is 221. The van der Waals surface area contributed by atoms with Crippen molar-refractivity contribution >= 4 is 0 Å². The number of nitrogens with zero attached hydrogens (tertiary/aromatic N) is 1. The van der Waals surface area contributed by atoms with Gasteiger partial charge in [0.25, 0.3) is 0 Å². The molecule has 0 saturated heterocycles. The molecule has 0 bridgehead atoms. The fourth-order valence-electron chi connectivity index (χ4n) is 4.03. The molecule has 106 valence electrons. The van der Waals surface area contributed by atoms with Crippen LogP contribution >= 0.6 is 0 Å². The zero-order valence-electron chi connectivity index (χ0n) is 12.5. The van der Waals surface area contributed by atoms with E-state index >= 15 is 0 Å². The van der Waals surface area contributed by atoms with Crippen molar-refractivity contribution in [3.63, 3.8) is 0 Å². The monoisotopic (exact) mass is 252 g/mol. The quantitative estimate of drug-likeness (QED) is 0.823. The van der Waals surface area contributed by atoms with Gasteiger partial charge in [-0.3, -0.25) is 4.90 Å². The molecular weight excluding hydrogens is 220 g/mol. The van der Waals surface area contributed by atoms with Gasteiger partial charge < -0.3 is 5.32 Å². The lowest BCUT2D eigenvalue weighted by atomic mass is 9.90. The Morgan fingerprint density at radius 1 is 0.889 bits per heavy atom. The maximum absolute atomic E-state index is 3.77. The Hall–Kier alpha value is -0.0800. The SMILES string of the molecule is CCNC1CCCCCCC1N(C)C1CCCC1. The highest BCUT2D eigenvalue weighted by molar-refractivity contribution is 4.89. The molecule has 0 aromatic heterocycles. The predicted octanol–water partition coefficient (Wildman–Crippen LogP) is 3.56. The lowest BCUT2D eigenvalue weighted by Crippen LogP contribution is -2.51. The fraction of sp³-hybridized carbons (Fsp3) is 1.00. The average Bonchev–Trinajstić information content (AvgIpc) is 2.86. The van der Waals surface area contributed by atoms with Crippen LogP contribution in [-0.4, -0.2) is 36.6 Å². The molecule has 0 aliphatic heterocycles. The molecule has 2 aliphatic rings. The van der Waals surface area contributed by atoms with Crippen molar-refractivity contribution in [2.75, 3.05) is 13.6 Å². The van der Waals surface area contributed by atoms with Crippen molar-refractivity contribution < 1.29 is 0 Å². The molecule has 2 rings (SSSR count). The summed E-state index contributed by atoms with van der Waals surface area (Å²) in [4.78, 5) is 2.74. The van der Waals surface area contributed by atoms with Crippen LogP contribution in [0.5, 0.6) is 0 Å². The summed E-state index contributed by atoms with van der Waals surface area (Å²) in [5, 5.41) is 3.77. The van der Waals surface area contributed by atoms with E-state index in [-0.39, 0.29) is 0 Å². The summed E-state index contributed by atoms with van der Waals surface area (Å²) < 4.78 is 0. The lowest BCUT2D eigenvalue weighted by molar-refractivity contribution is 0.119. The standard InChI is InChI=1S/C16H32N2/c1-3-17-15-12-6-4-5-7-13-16(15)18(2)14-10-8-9-11-14/h14-17H,3-13H2,1-2H3. The summed E-state index contributed by atoms with van der Waals surface area (Å²) in [6, 6.07) is 2.39. The summed E-state index contributed by atoms with van der Waals surface area (Å²) in [7, 11) is 2.40. The van der Waals surface area contributed by atoms with Crippen LogP contribution in [0.3, 0.4) is 0 Å². The summed E-state index contributed by atoms with van der Waals surface area (Å²) in [5.41, 5.74) is 0. The van der Waals surface area contributed by atoms with Crippen molar-refractivity contribution in [2.45, 2.75) is 89.3 Å². The van der Waals surface area contributed by atoms with Gasteiger partial charge in [0.1, 0.15) is 0 Å².